The Bertz CT molecular complexity index is 956. The number of oxazole rings is 1. The van der Waals surface area contributed by atoms with Crippen LogP contribution in [0.4, 0.5) is 0 Å². The molecule has 2 aromatic carbocycles. The fourth-order valence-corrected chi connectivity index (χ4v) is 3.75. The topological polar surface area (TPSA) is 62.9 Å². The molecule has 0 saturated carbocycles. The molecule has 6 heteroatoms. The standard InChI is InChI=1S/C25H30N4O2/c1-2-26-25(27-15-23-19-31-24(28-23)22-11-7-4-8-12-22)29-14-13-21(16-29)18-30-17-20-9-5-3-6-10-20/h3-12,19,21H,2,13-18H2,1H3,(H,26,27). The largest absolute Gasteiger partial charge is 0.444 e. The highest BCUT2D eigenvalue weighted by molar-refractivity contribution is 5.80. The molecule has 1 unspecified atom stereocenters. The molecular weight excluding hydrogens is 388 g/mol. The third-order valence-electron chi connectivity index (χ3n) is 5.35. The molecule has 6 nitrogen and oxygen atoms in total. The first-order valence-corrected chi connectivity index (χ1v) is 11.0. The van der Waals surface area contributed by atoms with Crippen molar-refractivity contribution in [1.82, 2.24) is 15.2 Å². The van der Waals surface area contributed by atoms with Gasteiger partial charge in [-0.3, -0.25) is 0 Å². The Morgan fingerprint density at radius 1 is 1.16 bits per heavy atom. The van der Waals surface area contributed by atoms with E-state index in [1.165, 1.54) is 5.56 Å². The van der Waals surface area contributed by atoms with Crippen LogP contribution < -0.4 is 5.32 Å². The predicted octanol–water partition coefficient (Wildman–Crippen LogP) is 4.35. The molecule has 1 N–H and O–H groups in total. The Balaban J connectivity index is 1.30. The van der Waals surface area contributed by atoms with E-state index in [-0.39, 0.29) is 0 Å². The van der Waals surface area contributed by atoms with Gasteiger partial charge >= 0.3 is 0 Å². The third-order valence-corrected chi connectivity index (χ3v) is 5.35. The normalized spacial score (nSPS) is 16.6. The maximum absolute atomic E-state index is 5.96. The van der Waals surface area contributed by atoms with Gasteiger partial charge in [0.05, 0.1) is 19.8 Å². The number of ether oxygens (including phenoxy) is 1. The van der Waals surface area contributed by atoms with Crippen molar-refractivity contribution in [3.05, 3.63) is 78.2 Å². The quantitative estimate of drug-likeness (QED) is 0.435. The van der Waals surface area contributed by atoms with Crippen LogP contribution in [0.2, 0.25) is 0 Å². The van der Waals surface area contributed by atoms with E-state index >= 15 is 0 Å². The summed E-state index contributed by atoms with van der Waals surface area (Å²) in [6.45, 7) is 6.79. The van der Waals surface area contributed by atoms with Crippen LogP contribution in [-0.2, 0) is 17.9 Å². The van der Waals surface area contributed by atoms with Crippen molar-refractivity contribution in [2.45, 2.75) is 26.5 Å². The molecule has 3 aromatic rings. The van der Waals surface area contributed by atoms with Gasteiger partial charge in [0.25, 0.3) is 0 Å². The van der Waals surface area contributed by atoms with Gasteiger partial charge in [-0.25, -0.2) is 9.98 Å². The molecular formula is C25H30N4O2. The lowest BCUT2D eigenvalue weighted by molar-refractivity contribution is 0.0906. The Morgan fingerprint density at radius 3 is 2.71 bits per heavy atom. The van der Waals surface area contributed by atoms with Gasteiger partial charge in [-0.2, -0.15) is 0 Å². The first kappa shape index (κ1) is 21.1. The molecule has 0 aliphatic carbocycles. The Hall–Kier alpha value is -3.12. The van der Waals surface area contributed by atoms with E-state index in [0.717, 1.165) is 49.9 Å². The number of hydrogen-bond acceptors (Lipinski definition) is 4. The number of hydrogen-bond donors (Lipinski definition) is 1. The number of aliphatic imine (C=N–C) groups is 1. The highest BCUT2D eigenvalue weighted by atomic mass is 16.5. The second-order valence-electron chi connectivity index (χ2n) is 7.78. The van der Waals surface area contributed by atoms with Crippen molar-refractivity contribution in [3.63, 3.8) is 0 Å². The lowest BCUT2D eigenvalue weighted by Crippen LogP contribution is -2.40. The molecule has 1 aromatic heterocycles. The van der Waals surface area contributed by atoms with Crippen molar-refractivity contribution in [2.75, 3.05) is 26.2 Å². The minimum absolute atomic E-state index is 0.490. The van der Waals surface area contributed by atoms with E-state index in [0.29, 0.717) is 25.0 Å². The average Bonchev–Trinajstić information content (AvgIpc) is 3.48. The van der Waals surface area contributed by atoms with Gasteiger partial charge in [-0.05, 0) is 31.0 Å². The summed E-state index contributed by atoms with van der Waals surface area (Å²) in [7, 11) is 0. The maximum atomic E-state index is 5.96. The number of nitrogens with zero attached hydrogens (tertiary/aromatic N) is 3. The van der Waals surface area contributed by atoms with E-state index in [9.17, 15) is 0 Å². The van der Waals surface area contributed by atoms with E-state index in [1.807, 2.05) is 48.5 Å². The van der Waals surface area contributed by atoms with E-state index in [2.05, 4.69) is 34.3 Å². The molecule has 31 heavy (non-hydrogen) atoms. The zero-order valence-electron chi connectivity index (χ0n) is 18.0. The molecule has 1 fully saturated rings. The van der Waals surface area contributed by atoms with Crippen molar-refractivity contribution >= 4 is 5.96 Å². The minimum atomic E-state index is 0.490. The highest BCUT2D eigenvalue weighted by Crippen LogP contribution is 2.20. The van der Waals surface area contributed by atoms with Crippen LogP contribution in [-0.4, -0.2) is 42.1 Å². The van der Waals surface area contributed by atoms with E-state index in [1.54, 1.807) is 6.26 Å². The fraction of sp³-hybridized carbons (Fsp3) is 0.360. The molecule has 0 radical (unpaired) electrons. The molecule has 4 rings (SSSR count). The fourth-order valence-electron chi connectivity index (χ4n) is 3.75. The zero-order chi connectivity index (χ0) is 21.3. The molecule has 1 aliphatic rings. The highest BCUT2D eigenvalue weighted by Gasteiger charge is 2.25. The number of benzene rings is 2. The van der Waals surface area contributed by atoms with Crippen molar-refractivity contribution < 1.29 is 9.15 Å². The molecule has 162 valence electrons. The summed E-state index contributed by atoms with van der Waals surface area (Å²) < 4.78 is 11.6. The molecule has 0 amide bonds. The zero-order valence-corrected chi connectivity index (χ0v) is 18.0. The van der Waals surface area contributed by atoms with Gasteiger partial charge in [0, 0.05) is 31.1 Å². The number of aromatic nitrogens is 1. The molecule has 0 spiro atoms. The van der Waals surface area contributed by atoms with Gasteiger partial charge in [0.2, 0.25) is 5.89 Å². The molecule has 0 bridgehead atoms. The minimum Gasteiger partial charge on any atom is -0.444 e. The maximum Gasteiger partial charge on any atom is 0.226 e. The molecule has 1 saturated heterocycles. The smallest absolute Gasteiger partial charge is 0.226 e. The van der Waals surface area contributed by atoms with Gasteiger partial charge in [0.15, 0.2) is 5.96 Å². The van der Waals surface area contributed by atoms with Crippen LogP contribution >= 0.6 is 0 Å². The Labute approximate surface area is 184 Å². The lowest BCUT2D eigenvalue weighted by Gasteiger charge is -2.21. The summed E-state index contributed by atoms with van der Waals surface area (Å²) in [4.78, 5) is 11.7. The summed E-state index contributed by atoms with van der Waals surface area (Å²) in [6, 6.07) is 20.3. The summed E-state index contributed by atoms with van der Waals surface area (Å²) >= 11 is 0. The van der Waals surface area contributed by atoms with Gasteiger partial charge in [-0.15, -0.1) is 0 Å². The summed E-state index contributed by atoms with van der Waals surface area (Å²) in [5, 5.41) is 3.41. The van der Waals surface area contributed by atoms with Gasteiger partial charge < -0.3 is 19.4 Å². The summed E-state index contributed by atoms with van der Waals surface area (Å²) in [5.41, 5.74) is 3.02. The second-order valence-corrected chi connectivity index (χ2v) is 7.78. The van der Waals surface area contributed by atoms with Crippen molar-refractivity contribution in [3.8, 4) is 11.5 Å². The van der Waals surface area contributed by atoms with Gasteiger partial charge in [0.1, 0.15) is 12.0 Å². The van der Waals surface area contributed by atoms with E-state index in [4.69, 9.17) is 14.1 Å². The van der Waals surface area contributed by atoms with Crippen LogP contribution in [0.1, 0.15) is 24.6 Å². The Morgan fingerprint density at radius 2 is 1.94 bits per heavy atom. The average molecular weight is 419 g/mol. The molecule has 1 atom stereocenters. The van der Waals surface area contributed by atoms with Crippen LogP contribution in [0.15, 0.2) is 76.3 Å². The number of likely N-dealkylation sites (tertiary alicyclic amines) is 1. The number of guanidine groups is 1. The van der Waals surface area contributed by atoms with Gasteiger partial charge in [-0.1, -0.05) is 48.5 Å². The predicted molar refractivity (Wildman–Crippen MR) is 123 cm³/mol. The number of nitrogens with one attached hydrogen (secondary N) is 1. The first-order valence-electron chi connectivity index (χ1n) is 11.0. The van der Waals surface area contributed by atoms with Crippen LogP contribution in [0, 0.1) is 5.92 Å². The van der Waals surface area contributed by atoms with Crippen molar-refractivity contribution in [1.29, 1.82) is 0 Å². The van der Waals surface area contributed by atoms with Crippen LogP contribution in [0.25, 0.3) is 11.5 Å². The monoisotopic (exact) mass is 418 g/mol. The van der Waals surface area contributed by atoms with E-state index < -0.39 is 0 Å². The van der Waals surface area contributed by atoms with Crippen LogP contribution in [0.5, 0.6) is 0 Å². The second kappa shape index (κ2) is 10.8. The lowest BCUT2D eigenvalue weighted by atomic mass is 10.1. The third kappa shape index (κ3) is 5.95. The Kier molecular flexibility index (Phi) is 7.34. The molecule has 1 aliphatic heterocycles. The summed E-state index contributed by atoms with van der Waals surface area (Å²) in [6.07, 6.45) is 2.81. The molecule has 2 heterocycles. The van der Waals surface area contributed by atoms with Crippen molar-refractivity contribution in [2.24, 2.45) is 10.9 Å². The first-order chi connectivity index (χ1) is 15.3. The SMILES string of the molecule is CCNC(=NCc1coc(-c2ccccc2)n1)N1CCC(COCc2ccccc2)C1. The summed E-state index contributed by atoms with van der Waals surface area (Å²) in [5.74, 6) is 2.08. The number of rotatable bonds is 8. The van der Waals surface area contributed by atoms with Crippen LogP contribution in [0.3, 0.4) is 0 Å².